The van der Waals surface area contributed by atoms with Gasteiger partial charge in [0.15, 0.2) is 5.78 Å². The van der Waals surface area contributed by atoms with E-state index in [-0.39, 0.29) is 22.7 Å². The zero-order chi connectivity index (χ0) is 21.9. The Kier molecular flexibility index (Phi) is 6.12. The first-order valence-electron chi connectivity index (χ1n) is 8.78. The maximum Gasteiger partial charge on any atom is 0.416 e. The van der Waals surface area contributed by atoms with Crippen molar-refractivity contribution in [2.75, 3.05) is 17.3 Å². The van der Waals surface area contributed by atoms with E-state index in [0.29, 0.717) is 10.6 Å². The summed E-state index contributed by atoms with van der Waals surface area (Å²) in [5.41, 5.74) is -0.0400. The molecule has 0 spiro atoms. The van der Waals surface area contributed by atoms with Crippen molar-refractivity contribution in [3.8, 4) is 0 Å². The van der Waals surface area contributed by atoms with Crippen LogP contribution in [0.5, 0.6) is 0 Å². The number of nitrogens with zero attached hydrogens (tertiary/aromatic N) is 1. The molecule has 0 bridgehead atoms. The topological polar surface area (TPSA) is 49.4 Å². The smallest absolute Gasteiger partial charge is 0.308 e. The van der Waals surface area contributed by atoms with Crippen LogP contribution < -0.4 is 10.2 Å². The zero-order valence-electron chi connectivity index (χ0n) is 15.7. The fraction of sp³-hybridized carbons (Fsp3) is 0.0909. The van der Waals surface area contributed by atoms with Crippen LogP contribution in [0.1, 0.15) is 21.5 Å². The SMILES string of the molecule is CN(C(=O)Nc1cccc(C(F)(F)F)c1)c1ccc(Cl)cc1C(=O)c1ccccc1. The van der Waals surface area contributed by atoms with Crippen LogP contribution in [-0.4, -0.2) is 18.9 Å². The fourth-order valence-electron chi connectivity index (χ4n) is 2.82. The highest BCUT2D eigenvalue weighted by Crippen LogP contribution is 2.31. The molecule has 3 aromatic carbocycles. The van der Waals surface area contributed by atoms with Crippen molar-refractivity contribution in [1.82, 2.24) is 0 Å². The fourth-order valence-corrected chi connectivity index (χ4v) is 2.99. The van der Waals surface area contributed by atoms with Gasteiger partial charge in [-0.25, -0.2) is 4.79 Å². The lowest BCUT2D eigenvalue weighted by molar-refractivity contribution is -0.137. The van der Waals surface area contributed by atoms with E-state index < -0.39 is 17.8 Å². The molecule has 0 aliphatic carbocycles. The zero-order valence-corrected chi connectivity index (χ0v) is 16.5. The summed E-state index contributed by atoms with van der Waals surface area (Å²) in [7, 11) is 1.41. The van der Waals surface area contributed by atoms with Crippen LogP contribution in [0, 0.1) is 0 Å². The molecule has 0 radical (unpaired) electrons. The molecule has 4 nitrogen and oxygen atoms in total. The molecule has 0 unspecified atom stereocenters. The normalized spacial score (nSPS) is 11.1. The largest absolute Gasteiger partial charge is 0.416 e. The summed E-state index contributed by atoms with van der Waals surface area (Å²) in [6.45, 7) is 0. The first-order chi connectivity index (χ1) is 14.2. The quantitative estimate of drug-likeness (QED) is 0.495. The molecule has 0 atom stereocenters. The standard InChI is InChI=1S/C22H16ClF3N2O2/c1-28(21(30)27-17-9-5-8-15(12-17)22(24,25)26)19-11-10-16(23)13-18(19)20(29)14-6-3-2-4-7-14/h2-13H,1H3,(H,27,30). The Balaban J connectivity index is 1.89. The minimum absolute atomic E-state index is 0.0217. The summed E-state index contributed by atoms with van der Waals surface area (Å²) in [5.74, 6) is -0.341. The van der Waals surface area contributed by atoms with Crippen molar-refractivity contribution >= 4 is 34.8 Å². The van der Waals surface area contributed by atoms with Crippen molar-refractivity contribution in [2.45, 2.75) is 6.18 Å². The van der Waals surface area contributed by atoms with E-state index >= 15 is 0 Å². The second kappa shape index (κ2) is 8.59. The van der Waals surface area contributed by atoms with Crippen LogP contribution in [0.2, 0.25) is 5.02 Å². The van der Waals surface area contributed by atoms with E-state index in [0.717, 1.165) is 17.0 Å². The van der Waals surface area contributed by atoms with Gasteiger partial charge in [0.05, 0.1) is 11.3 Å². The molecule has 0 aliphatic rings. The minimum Gasteiger partial charge on any atom is -0.308 e. The van der Waals surface area contributed by atoms with Crippen LogP contribution >= 0.6 is 11.6 Å². The summed E-state index contributed by atoms with van der Waals surface area (Å²) in [4.78, 5) is 26.7. The number of hydrogen-bond acceptors (Lipinski definition) is 2. The summed E-state index contributed by atoms with van der Waals surface area (Å²) in [5, 5.41) is 2.73. The Bertz CT molecular complexity index is 1090. The molecule has 0 aromatic heterocycles. The van der Waals surface area contributed by atoms with Crippen molar-refractivity contribution in [3.05, 3.63) is 94.5 Å². The average molecular weight is 433 g/mol. The highest BCUT2D eigenvalue weighted by Gasteiger charge is 2.30. The molecular formula is C22H16ClF3N2O2. The molecule has 3 rings (SSSR count). The highest BCUT2D eigenvalue weighted by molar-refractivity contribution is 6.31. The predicted octanol–water partition coefficient (Wildman–Crippen LogP) is 6.26. The van der Waals surface area contributed by atoms with E-state index in [9.17, 15) is 22.8 Å². The number of ketones is 1. The molecule has 8 heteroatoms. The number of amides is 2. The lowest BCUT2D eigenvalue weighted by Crippen LogP contribution is -2.32. The highest BCUT2D eigenvalue weighted by atomic mass is 35.5. The van der Waals surface area contributed by atoms with Gasteiger partial charge < -0.3 is 5.32 Å². The molecule has 0 fully saturated rings. The second-order valence-electron chi connectivity index (χ2n) is 6.42. The number of carbonyl (C=O) groups excluding carboxylic acids is 2. The van der Waals surface area contributed by atoms with Gasteiger partial charge in [-0.2, -0.15) is 13.2 Å². The number of carbonyl (C=O) groups is 2. The molecule has 0 aliphatic heterocycles. The maximum absolute atomic E-state index is 12.9. The average Bonchev–Trinajstić information content (AvgIpc) is 2.73. The minimum atomic E-state index is -4.53. The lowest BCUT2D eigenvalue weighted by Gasteiger charge is -2.21. The third kappa shape index (κ3) is 4.80. The first kappa shape index (κ1) is 21.4. The molecule has 30 heavy (non-hydrogen) atoms. The monoisotopic (exact) mass is 432 g/mol. The van der Waals surface area contributed by atoms with Crippen molar-refractivity contribution in [3.63, 3.8) is 0 Å². The molecule has 0 saturated carbocycles. The molecule has 0 saturated heterocycles. The molecule has 3 aromatic rings. The van der Waals surface area contributed by atoms with Gasteiger partial charge in [0.25, 0.3) is 0 Å². The molecular weight excluding hydrogens is 417 g/mol. The van der Waals surface area contributed by atoms with E-state index in [1.54, 1.807) is 30.3 Å². The van der Waals surface area contributed by atoms with E-state index in [4.69, 9.17) is 11.6 Å². The van der Waals surface area contributed by atoms with Crippen molar-refractivity contribution < 1.29 is 22.8 Å². The van der Waals surface area contributed by atoms with E-state index in [1.165, 1.54) is 37.4 Å². The van der Waals surface area contributed by atoms with E-state index in [1.807, 2.05) is 0 Å². The third-order valence-corrected chi connectivity index (χ3v) is 4.58. The Hall–Kier alpha value is -3.32. The Morgan fingerprint density at radius 3 is 2.30 bits per heavy atom. The summed E-state index contributed by atoms with van der Waals surface area (Å²) in [6.07, 6.45) is -4.53. The number of rotatable bonds is 4. The van der Waals surface area contributed by atoms with Gasteiger partial charge in [0, 0.05) is 28.9 Å². The Labute approximate surface area is 175 Å². The first-order valence-corrected chi connectivity index (χ1v) is 9.16. The van der Waals surface area contributed by atoms with Crippen LogP contribution in [0.4, 0.5) is 29.3 Å². The number of benzene rings is 3. The molecule has 2 amide bonds. The van der Waals surface area contributed by atoms with Crippen molar-refractivity contribution in [2.24, 2.45) is 0 Å². The van der Waals surface area contributed by atoms with Crippen LogP contribution in [-0.2, 0) is 6.18 Å². The van der Waals surface area contributed by atoms with Crippen LogP contribution in [0.3, 0.4) is 0 Å². The van der Waals surface area contributed by atoms with Gasteiger partial charge in [-0.15, -0.1) is 0 Å². The van der Waals surface area contributed by atoms with Gasteiger partial charge in [-0.3, -0.25) is 9.69 Å². The number of urea groups is 1. The number of alkyl halides is 3. The molecule has 154 valence electrons. The van der Waals surface area contributed by atoms with Crippen LogP contribution in [0.25, 0.3) is 0 Å². The van der Waals surface area contributed by atoms with E-state index in [2.05, 4.69) is 5.32 Å². The third-order valence-electron chi connectivity index (χ3n) is 4.35. The van der Waals surface area contributed by atoms with Gasteiger partial charge in [0.1, 0.15) is 0 Å². The van der Waals surface area contributed by atoms with Gasteiger partial charge >= 0.3 is 12.2 Å². The second-order valence-corrected chi connectivity index (χ2v) is 6.86. The predicted molar refractivity (Wildman–Crippen MR) is 110 cm³/mol. The van der Waals surface area contributed by atoms with Gasteiger partial charge in [0.2, 0.25) is 0 Å². The lowest BCUT2D eigenvalue weighted by atomic mass is 10.0. The van der Waals surface area contributed by atoms with Gasteiger partial charge in [-0.1, -0.05) is 48.0 Å². The number of halogens is 4. The summed E-state index contributed by atoms with van der Waals surface area (Å²) >= 11 is 6.04. The maximum atomic E-state index is 12.9. The molecule has 1 N–H and O–H groups in total. The number of anilines is 2. The summed E-state index contributed by atoms with van der Waals surface area (Å²) < 4.78 is 38.7. The molecule has 0 heterocycles. The van der Waals surface area contributed by atoms with Crippen LogP contribution in [0.15, 0.2) is 72.8 Å². The Morgan fingerprint density at radius 2 is 1.63 bits per heavy atom. The van der Waals surface area contributed by atoms with Gasteiger partial charge in [-0.05, 0) is 36.4 Å². The summed E-state index contributed by atoms with van der Waals surface area (Å²) in [6, 6.07) is 16.5. The van der Waals surface area contributed by atoms with Crippen molar-refractivity contribution in [1.29, 1.82) is 0 Å². The number of nitrogens with one attached hydrogen (secondary N) is 1. The Morgan fingerprint density at radius 1 is 0.933 bits per heavy atom. The number of hydrogen-bond donors (Lipinski definition) is 1.